The number of aliphatic hydroxyl groups excluding tert-OH is 1. The van der Waals surface area contributed by atoms with Gasteiger partial charge in [0, 0.05) is 11.2 Å². The standard InChI is InChI=1S/C18H21N3O2/c1-10-7-18(2,3)21-16-13(10)5-12(23-4)6-14(16)15(17(21)22)11(8-19)9-20/h5-6,10-11,15,17,22H,7H2,1-4H3/t10-,15+,17+/m1/s1. The summed E-state index contributed by atoms with van der Waals surface area (Å²) >= 11 is 0. The highest BCUT2D eigenvalue weighted by atomic mass is 16.5. The molecule has 0 bridgehead atoms. The van der Waals surface area contributed by atoms with E-state index in [1.54, 1.807) is 7.11 Å². The zero-order valence-electron chi connectivity index (χ0n) is 13.9. The van der Waals surface area contributed by atoms with Crippen molar-refractivity contribution >= 4 is 5.69 Å². The highest BCUT2D eigenvalue weighted by molar-refractivity contribution is 5.72. The highest BCUT2D eigenvalue weighted by Gasteiger charge is 2.51. The highest BCUT2D eigenvalue weighted by Crippen LogP contribution is 2.56. The summed E-state index contributed by atoms with van der Waals surface area (Å²) in [6.45, 7) is 6.36. The first-order valence-corrected chi connectivity index (χ1v) is 7.84. The number of anilines is 1. The number of ether oxygens (including phenoxy) is 1. The molecule has 120 valence electrons. The molecule has 0 amide bonds. The lowest BCUT2D eigenvalue weighted by Gasteiger charge is -2.47. The van der Waals surface area contributed by atoms with Crippen LogP contribution in [-0.2, 0) is 0 Å². The van der Waals surface area contributed by atoms with Crippen LogP contribution in [0.15, 0.2) is 12.1 Å². The Morgan fingerprint density at radius 1 is 1.30 bits per heavy atom. The van der Waals surface area contributed by atoms with Crippen LogP contribution in [0.25, 0.3) is 0 Å². The summed E-state index contributed by atoms with van der Waals surface area (Å²) in [5.74, 6) is -0.408. The van der Waals surface area contributed by atoms with E-state index in [0.29, 0.717) is 11.7 Å². The van der Waals surface area contributed by atoms with Crippen LogP contribution in [0.3, 0.4) is 0 Å². The van der Waals surface area contributed by atoms with Gasteiger partial charge in [0.2, 0.25) is 0 Å². The van der Waals surface area contributed by atoms with Gasteiger partial charge in [-0.25, -0.2) is 0 Å². The second-order valence-corrected chi connectivity index (χ2v) is 7.12. The van der Waals surface area contributed by atoms with Crippen molar-refractivity contribution in [1.82, 2.24) is 0 Å². The monoisotopic (exact) mass is 311 g/mol. The fourth-order valence-corrected chi connectivity index (χ4v) is 4.29. The Balaban J connectivity index is 2.29. The molecule has 0 unspecified atom stereocenters. The molecular formula is C18H21N3O2. The van der Waals surface area contributed by atoms with Crippen LogP contribution in [0, 0.1) is 28.6 Å². The molecule has 2 aliphatic heterocycles. The molecule has 1 N–H and O–H groups in total. The van der Waals surface area contributed by atoms with Crippen LogP contribution in [0.2, 0.25) is 0 Å². The van der Waals surface area contributed by atoms with Crippen molar-refractivity contribution in [2.45, 2.75) is 50.8 Å². The van der Waals surface area contributed by atoms with Crippen molar-refractivity contribution < 1.29 is 9.84 Å². The van der Waals surface area contributed by atoms with Crippen LogP contribution in [-0.4, -0.2) is 24.0 Å². The van der Waals surface area contributed by atoms with Crippen LogP contribution < -0.4 is 9.64 Å². The van der Waals surface area contributed by atoms with Crippen molar-refractivity contribution in [1.29, 1.82) is 10.5 Å². The van der Waals surface area contributed by atoms with E-state index in [1.807, 2.05) is 29.2 Å². The van der Waals surface area contributed by atoms with E-state index >= 15 is 0 Å². The predicted octanol–water partition coefficient (Wildman–Crippen LogP) is 2.87. The van der Waals surface area contributed by atoms with Gasteiger partial charge in [0.25, 0.3) is 0 Å². The maximum atomic E-state index is 10.9. The zero-order chi connectivity index (χ0) is 16.9. The molecular weight excluding hydrogens is 290 g/mol. The third-order valence-electron chi connectivity index (χ3n) is 5.19. The normalized spacial score (nSPS) is 27.3. The average molecular weight is 311 g/mol. The van der Waals surface area contributed by atoms with E-state index in [0.717, 1.165) is 23.2 Å². The summed E-state index contributed by atoms with van der Waals surface area (Å²) in [4.78, 5) is 1.99. The first-order chi connectivity index (χ1) is 10.9. The maximum absolute atomic E-state index is 10.9. The van der Waals surface area contributed by atoms with E-state index in [9.17, 15) is 15.6 Å². The molecule has 0 spiro atoms. The third-order valence-corrected chi connectivity index (χ3v) is 5.19. The Labute approximate surface area is 136 Å². The summed E-state index contributed by atoms with van der Waals surface area (Å²) < 4.78 is 5.41. The minimum Gasteiger partial charge on any atom is -0.497 e. The van der Waals surface area contributed by atoms with E-state index in [4.69, 9.17) is 4.74 Å². The van der Waals surface area contributed by atoms with Gasteiger partial charge in [0.15, 0.2) is 0 Å². The number of hydrogen-bond donors (Lipinski definition) is 1. The van der Waals surface area contributed by atoms with E-state index in [-0.39, 0.29) is 5.54 Å². The molecule has 1 aromatic carbocycles. The van der Waals surface area contributed by atoms with Crippen LogP contribution >= 0.6 is 0 Å². The Bertz CT molecular complexity index is 715. The molecule has 0 aliphatic carbocycles. The van der Waals surface area contributed by atoms with Crippen LogP contribution in [0.5, 0.6) is 5.75 Å². The van der Waals surface area contributed by atoms with E-state index < -0.39 is 18.1 Å². The summed E-state index contributed by atoms with van der Waals surface area (Å²) in [6.07, 6.45) is 0.0165. The molecule has 1 aromatic rings. The molecule has 2 heterocycles. The molecule has 0 saturated heterocycles. The summed E-state index contributed by atoms with van der Waals surface area (Å²) in [6, 6.07) is 7.95. The molecule has 0 fully saturated rings. The Morgan fingerprint density at radius 3 is 2.48 bits per heavy atom. The number of rotatable bonds is 2. The third kappa shape index (κ3) is 2.08. The summed E-state index contributed by atoms with van der Waals surface area (Å²) in [5.41, 5.74) is 2.70. The average Bonchev–Trinajstić information content (AvgIpc) is 2.80. The topological polar surface area (TPSA) is 80.3 Å². The van der Waals surface area contributed by atoms with Crippen molar-refractivity contribution in [2.24, 2.45) is 5.92 Å². The number of benzene rings is 1. The van der Waals surface area contributed by atoms with Gasteiger partial charge in [0.05, 0.1) is 25.2 Å². The van der Waals surface area contributed by atoms with Gasteiger partial charge in [-0.2, -0.15) is 10.5 Å². The maximum Gasteiger partial charge on any atom is 0.144 e. The second-order valence-electron chi connectivity index (χ2n) is 7.12. The van der Waals surface area contributed by atoms with Crippen molar-refractivity contribution in [3.8, 4) is 17.9 Å². The predicted molar refractivity (Wildman–Crippen MR) is 86.0 cm³/mol. The van der Waals surface area contributed by atoms with Crippen LogP contribution in [0.4, 0.5) is 5.69 Å². The number of nitriles is 2. The van der Waals surface area contributed by atoms with Gasteiger partial charge in [-0.3, -0.25) is 0 Å². The van der Waals surface area contributed by atoms with E-state index in [2.05, 4.69) is 20.8 Å². The molecule has 3 atom stereocenters. The van der Waals surface area contributed by atoms with Gasteiger partial charge >= 0.3 is 0 Å². The molecule has 0 aromatic heterocycles. The molecule has 5 heteroatoms. The lowest BCUT2D eigenvalue weighted by Crippen LogP contribution is -2.52. The molecule has 3 rings (SSSR count). The first-order valence-electron chi connectivity index (χ1n) is 7.84. The van der Waals surface area contributed by atoms with Gasteiger partial charge in [-0.1, -0.05) is 6.92 Å². The fourth-order valence-electron chi connectivity index (χ4n) is 4.29. The number of aliphatic hydroxyl groups is 1. The van der Waals surface area contributed by atoms with Crippen molar-refractivity contribution in [3.05, 3.63) is 23.3 Å². The first kappa shape index (κ1) is 15.6. The van der Waals surface area contributed by atoms with Gasteiger partial charge in [0.1, 0.15) is 17.9 Å². The Kier molecular flexibility index (Phi) is 3.50. The van der Waals surface area contributed by atoms with Crippen molar-refractivity contribution in [3.63, 3.8) is 0 Å². The van der Waals surface area contributed by atoms with E-state index in [1.165, 1.54) is 0 Å². The number of methoxy groups -OCH3 is 1. The second kappa shape index (κ2) is 5.15. The molecule has 5 nitrogen and oxygen atoms in total. The molecule has 0 saturated carbocycles. The summed E-state index contributed by atoms with van der Waals surface area (Å²) in [7, 11) is 1.61. The van der Waals surface area contributed by atoms with Crippen LogP contribution in [0.1, 0.15) is 50.2 Å². The Hall–Kier alpha value is -2.24. The summed E-state index contributed by atoms with van der Waals surface area (Å²) in [5, 5.41) is 29.6. The Morgan fingerprint density at radius 2 is 1.91 bits per heavy atom. The smallest absolute Gasteiger partial charge is 0.144 e. The molecule has 23 heavy (non-hydrogen) atoms. The minimum atomic E-state index is -0.891. The van der Waals surface area contributed by atoms with Crippen molar-refractivity contribution in [2.75, 3.05) is 12.0 Å². The van der Waals surface area contributed by atoms with Gasteiger partial charge in [-0.05, 0) is 49.4 Å². The largest absolute Gasteiger partial charge is 0.497 e. The van der Waals surface area contributed by atoms with Gasteiger partial charge < -0.3 is 14.7 Å². The number of hydrogen-bond acceptors (Lipinski definition) is 5. The van der Waals surface area contributed by atoms with Gasteiger partial charge in [-0.15, -0.1) is 0 Å². The number of nitrogens with zero attached hydrogens (tertiary/aromatic N) is 3. The molecule has 0 radical (unpaired) electrons. The SMILES string of the molecule is COc1cc2c3c(c1)[C@H](C(C#N)C#N)[C@H](O)N3C(C)(C)C[C@H]2C. The minimum absolute atomic E-state index is 0.237. The fraction of sp³-hybridized carbons (Fsp3) is 0.556. The lowest BCUT2D eigenvalue weighted by atomic mass is 9.80. The molecule has 2 aliphatic rings. The quantitative estimate of drug-likeness (QED) is 0.908. The lowest BCUT2D eigenvalue weighted by molar-refractivity contribution is 0.113. The zero-order valence-corrected chi connectivity index (χ0v) is 13.9.